The maximum atomic E-state index is 14.8. The first-order chi connectivity index (χ1) is 23.5. The summed E-state index contributed by atoms with van der Waals surface area (Å²) in [4.78, 5) is 50.5. The first-order valence-corrected chi connectivity index (χ1v) is 15.8. The van der Waals surface area contributed by atoms with E-state index in [1.807, 2.05) is 0 Å². The summed E-state index contributed by atoms with van der Waals surface area (Å²) < 4.78 is 77.5. The van der Waals surface area contributed by atoms with Gasteiger partial charge >= 0.3 is 22.6 Å². The second-order valence-corrected chi connectivity index (χ2v) is 11.8. The minimum atomic E-state index is -5.13. The summed E-state index contributed by atoms with van der Waals surface area (Å²) in [6, 6.07) is 15.0. The van der Waals surface area contributed by atoms with Crippen molar-refractivity contribution in [2.75, 3.05) is 36.0 Å². The van der Waals surface area contributed by atoms with Crippen molar-refractivity contribution in [2.45, 2.75) is 12.2 Å². The quantitative estimate of drug-likeness (QED) is 0.141. The predicted molar refractivity (Wildman–Crippen MR) is 163 cm³/mol. The molecule has 6 rings (SSSR count). The van der Waals surface area contributed by atoms with Gasteiger partial charge in [-0.25, -0.2) is 28.5 Å². The van der Waals surface area contributed by atoms with E-state index >= 15 is 0 Å². The molecule has 4 aromatic rings. The van der Waals surface area contributed by atoms with Crippen LogP contribution in [0.5, 0.6) is 0 Å². The van der Waals surface area contributed by atoms with Gasteiger partial charge < -0.3 is 18.6 Å². The van der Waals surface area contributed by atoms with Gasteiger partial charge in [-0.1, -0.05) is 0 Å². The highest BCUT2D eigenvalue weighted by Gasteiger charge is 2.37. The zero-order valence-corrected chi connectivity index (χ0v) is 26.0. The molecule has 2 aliphatic heterocycles. The normalized spacial score (nSPS) is 17.6. The Morgan fingerprint density at radius 3 is 1.45 bits per heavy atom. The predicted octanol–water partition coefficient (Wildman–Crippen LogP) is 2.92. The maximum absolute atomic E-state index is 14.8. The number of hydrogen-bond donors (Lipinski definition) is 0. The molecule has 0 unspecified atom stereocenters. The van der Waals surface area contributed by atoms with Crippen LogP contribution in [-0.4, -0.2) is 91.1 Å². The van der Waals surface area contributed by atoms with Crippen LogP contribution < -0.4 is 9.80 Å². The van der Waals surface area contributed by atoms with Gasteiger partial charge in [-0.05, 0) is 60.7 Å². The van der Waals surface area contributed by atoms with Crippen LogP contribution in [0, 0.1) is 11.6 Å². The van der Waals surface area contributed by atoms with Gasteiger partial charge in [0.2, 0.25) is 12.8 Å². The minimum absolute atomic E-state index is 0.0223. The van der Waals surface area contributed by atoms with Gasteiger partial charge in [0.1, 0.15) is 23.8 Å². The number of hydroxylamine groups is 4. The summed E-state index contributed by atoms with van der Waals surface area (Å²) in [6.07, 6.45) is 2.57. The average molecular weight is 701 g/mol. The monoisotopic (exact) mass is 700 g/mol. The molecular formula is C30H26F2N6O10S. The van der Waals surface area contributed by atoms with E-state index in [-0.39, 0.29) is 58.8 Å². The molecule has 4 heterocycles. The largest absolute Gasteiger partial charge is 0.442 e. The van der Waals surface area contributed by atoms with Gasteiger partial charge in [-0.15, -0.1) is 8.57 Å². The lowest BCUT2D eigenvalue weighted by Gasteiger charge is -2.22. The Morgan fingerprint density at radius 1 is 0.714 bits per heavy atom. The SMILES string of the molecule is O=CN(C[C@@H]1CN(c2ccc(-n3cccc3)c(F)c2)C(=O)O1)OS(=O)(=O)ON(C=O)C[C@@H]1CN(c2ccc(-n3cccc3)c(F)c2)C(=O)O1. The molecule has 0 saturated carbocycles. The van der Waals surface area contributed by atoms with Crippen molar-refractivity contribution < 1.29 is 54.4 Å². The molecule has 0 spiro atoms. The number of aromatic nitrogens is 2. The number of benzene rings is 2. The second-order valence-electron chi connectivity index (χ2n) is 10.7. The van der Waals surface area contributed by atoms with Crippen LogP contribution in [0.25, 0.3) is 11.4 Å². The summed E-state index contributed by atoms with van der Waals surface area (Å²) >= 11 is 0. The molecule has 49 heavy (non-hydrogen) atoms. The van der Waals surface area contributed by atoms with Crippen molar-refractivity contribution in [1.82, 2.24) is 19.3 Å². The van der Waals surface area contributed by atoms with Gasteiger partial charge in [-0.3, -0.25) is 19.4 Å². The maximum Gasteiger partial charge on any atom is 0.442 e. The smallest absolute Gasteiger partial charge is 0.442 e. The van der Waals surface area contributed by atoms with E-state index in [0.717, 1.165) is 21.9 Å². The van der Waals surface area contributed by atoms with Gasteiger partial charge in [0.25, 0.3) is 0 Å². The Labute approximate surface area is 277 Å². The third-order valence-electron chi connectivity index (χ3n) is 7.38. The highest BCUT2D eigenvalue weighted by Crippen LogP contribution is 2.28. The molecule has 2 atom stereocenters. The number of rotatable bonds is 14. The Kier molecular flexibility index (Phi) is 9.29. The second kappa shape index (κ2) is 13.7. The summed E-state index contributed by atoms with van der Waals surface area (Å²) in [6.45, 7) is -1.57. The van der Waals surface area contributed by atoms with Gasteiger partial charge in [-0.2, -0.15) is 8.42 Å². The zero-order valence-electron chi connectivity index (χ0n) is 25.2. The Hall–Kier alpha value is -5.79. The van der Waals surface area contributed by atoms with E-state index < -0.39 is 59.5 Å². The first-order valence-electron chi connectivity index (χ1n) is 14.4. The van der Waals surface area contributed by atoms with Crippen LogP contribution >= 0.6 is 0 Å². The third kappa shape index (κ3) is 7.37. The molecule has 0 aliphatic carbocycles. The number of cyclic esters (lactones) is 2. The van der Waals surface area contributed by atoms with Crippen molar-refractivity contribution in [2.24, 2.45) is 0 Å². The first kappa shape index (κ1) is 33.1. The van der Waals surface area contributed by atoms with Crippen molar-refractivity contribution in [3.8, 4) is 11.4 Å². The van der Waals surface area contributed by atoms with E-state index in [1.165, 1.54) is 24.3 Å². The van der Waals surface area contributed by atoms with Crippen LogP contribution in [-0.2, 0) is 38.0 Å². The lowest BCUT2D eigenvalue weighted by Crippen LogP contribution is -2.40. The lowest BCUT2D eigenvalue weighted by atomic mass is 10.2. The Morgan fingerprint density at radius 2 is 1.10 bits per heavy atom. The molecule has 16 nitrogen and oxygen atoms in total. The van der Waals surface area contributed by atoms with E-state index in [4.69, 9.17) is 9.47 Å². The zero-order chi connectivity index (χ0) is 34.7. The highest BCUT2D eigenvalue weighted by molar-refractivity contribution is 7.81. The molecule has 2 aliphatic rings. The van der Waals surface area contributed by atoms with Crippen LogP contribution in [0.4, 0.5) is 29.7 Å². The molecule has 19 heteroatoms. The van der Waals surface area contributed by atoms with Crippen LogP contribution in [0.2, 0.25) is 0 Å². The van der Waals surface area contributed by atoms with Crippen molar-refractivity contribution in [1.29, 1.82) is 0 Å². The van der Waals surface area contributed by atoms with Gasteiger partial charge in [0.15, 0.2) is 0 Å². The summed E-state index contributed by atoms with van der Waals surface area (Å²) in [5.41, 5.74) is 0.792. The highest BCUT2D eigenvalue weighted by atomic mass is 32.3. The third-order valence-corrected chi connectivity index (χ3v) is 8.12. The Balaban J connectivity index is 1.02. The number of nitrogens with zero attached hydrogens (tertiary/aromatic N) is 6. The van der Waals surface area contributed by atoms with E-state index in [1.54, 1.807) is 58.2 Å². The minimum Gasteiger partial charge on any atom is -0.442 e. The van der Waals surface area contributed by atoms with E-state index in [0.29, 0.717) is 0 Å². The Bertz CT molecular complexity index is 1830. The molecular weight excluding hydrogens is 674 g/mol. The van der Waals surface area contributed by atoms with Crippen molar-refractivity contribution >= 4 is 46.8 Å². The average Bonchev–Trinajstić information content (AvgIpc) is 3.89. The van der Waals surface area contributed by atoms with Gasteiger partial charge in [0, 0.05) is 24.8 Å². The van der Waals surface area contributed by atoms with Crippen molar-refractivity contribution in [3.63, 3.8) is 0 Å². The van der Waals surface area contributed by atoms with E-state index in [9.17, 15) is 36.4 Å². The number of hydrogen-bond acceptors (Lipinski definition) is 10. The molecule has 2 fully saturated rings. The van der Waals surface area contributed by atoms with Crippen LogP contribution in [0.15, 0.2) is 85.5 Å². The molecule has 256 valence electrons. The topological polar surface area (TPSA) is 162 Å². The molecule has 0 radical (unpaired) electrons. The van der Waals surface area contributed by atoms with E-state index in [2.05, 4.69) is 8.57 Å². The van der Waals surface area contributed by atoms with Crippen LogP contribution in [0.3, 0.4) is 0 Å². The van der Waals surface area contributed by atoms with Crippen molar-refractivity contribution in [3.05, 3.63) is 97.1 Å². The lowest BCUT2D eigenvalue weighted by molar-refractivity contribution is -0.160. The fourth-order valence-corrected chi connectivity index (χ4v) is 5.91. The molecule has 2 aromatic heterocycles. The molecule has 0 bridgehead atoms. The summed E-state index contributed by atoms with van der Waals surface area (Å²) in [7, 11) is -5.13. The summed E-state index contributed by atoms with van der Waals surface area (Å²) in [5, 5.41) is 0.525. The number of carbonyl (C=O) groups is 4. The number of carbonyl (C=O) groups excluding carboxylic acids is 4. The fraction of sp³-hybridized carbons (Fsp3) is 0.200. The number of halogens is 2. The fourth-order valence-electron chi connectivity index (χ4n) is 5.22. The number of anilines is 2. The van der Waals surface area contributed by atoms with Crippen LogP contribution in [0.1, 0.15) is 0 Å². The number of amides is 4. The van der Waals surface area contributed by atoms with Gasteiger partial charge in [0.05, 0.1) is 48.9 Å². The summed E-state index contributed by atoms with van der Waals surface area (Å²) in [5.74, 6) is -1.25. The molecule has 4 amide bonds. The number of ether oxygens (including phenoxy) is 2. The molecule has 2 saturated heterocycles. The standard InChI is InChI=1S/C30H26F2N6O10S/c31-25-13-21(5-7-27(25)33-9-1-2-10-33)37-17-23(45-29(37)41)15-35(19-39)47-49(43,44)48-36(20-40)16-24-18-38(30(42)46-24)22-6-8-28(26(32)14-22)34-11-3-4-12-34/h1-14,19-20,23-24H,15-18H2/t23-,24-/m1/s1. The molecule has 2 aromatic carbocycles. The molecule has 0 N–H and O–H groups in total.